The first-order chi connectivity index (χ1) is 40.2. The van der Waals surface area contributed by atoms with Crippen molar-refractivity contribution in [1.29, 1.82) is 0 Å². The molecule has 25 heteroatoms. The number of rotatable bonds is 14. The van der Waals surface area contributed by atoms with Crippen LogP contribution in [-0.2, 0) is 47.7 Å². The van der Waals surface area contributed by atoms with Gasteiger partial charge in [0.05, 0.1) is 31.7 Å². The molecule has 0 spiro atoms. The first-order valence-corrected chi connectivity index (χ1v) is 31.0. The van der Waals surface area contributed by atoms with E-state index in [1.165, 1.54) is 34.1 Å². The van der Waals surface area contributed by atoms with Crippen LogP contribution in [0.25, 0.3) is 0 Å². The Morgan fingerprint density at radius 1 is 0.625 bits per heavy atom. The molecule has 0 aromatic carbocycles. The van der Waals surface area contributed by atoms with Crippen LogP contribution in [0.5, 0.6) is 0 Å². The van der Waals surface area contributed by atoms with Crippen LogP contribution in [0, 0.1) is 55.7 Å². The number of nitro groups is 2. The number of nitrogens with one attached hydrogen (secondary N) is 2. The lowest BCUT2D eigenvalue weighted by molar-refractivity contribution is -0.562. The summed E-state index contributed by atoms with van der Waals surface area (Å²) in [6.45, 7) is 41.6. The van der Waals surface area contributed by atoms with Crippen molar-refractivity contribution in [3.05, 3.63) is 32.4 Å². The summed E-state index contributed by atoms with van der Waals surface area (Å²) in [5.41, 5.74) is -2.57. The number of aliphatic hydroxyl groups is 3. The van der Waals surface area contributed by atoms with Crippen molar-refractivity contribution in [3.63, 3.8) is 0 Å². The van der Waals surface area contributed by atoms with E-state index < -0.39 is 22.3 Å². The molecule has 0 aromatic heterocycles. The molecule has 25 nitrogen and oxygen atoms in total. The number of hydrogen-bond donors (Lipinski definition) is 5. The third-order valence-electron chi connectivity index (χ3n) is 15.9. The second-order valence-electron chi connectivity index (χ2n) is 29.8. The summed E-state index contributed by atoms with van der Waals surface area (Å²) in [6.07, 6.45) is 9.48. The lowest BCUT2D eigenvalue weighted by atomic mass is 9.90. The lowest BCUT2D eigenvalue weighted by Gasteiger charge is -2.33. The van der Waals surface area contributed by atoms with Gasteiger partial charge in [0, 0.05) is 130 Å². The van der Waals surface area contributed by atoms with E-state index in [0.29, 0.717) is 94.6 Å². The molecule has 1 unspecified atom stereocenters. The maximum atomic E-state index is 12.1. The Balaban J connectivity index is 0.000000521. The average molecular weight is 1260 g/mol. The van der Waals surface area contributed by atoms with Gasteiger partial charge in [0.25, 0.3) is 0 Å². The summed E-state index contributed by atoms with van der Waals surface area (Å²) in [7, 11) is 0. The quantitative estimate of drug-likeness (QED) is 0.0271. The predicted molar refractivity (Wildman–Crippen MR) is 331 cm³/mol. The lowest BCUT2D eigenvalue weighted by Crippen LogP contribution is -2.45. The third kappa shape index (κ3) is 29.4. The number of likely N-dealkylation sites (tertiary alicyclic amines) is 2. The second kappa shape index (κ2) is 34.6. The number of hydrogen-bond acceptors (Lipinski definition) is 20. The zero-order chi connectivity index (χ0) is 68.0. The SMILES string of the molecule is C=C1CCOC1=O.CC(C)(C)OC(=O)N1C[C@@H](CC=O)CC1(C)C.CC(C)(C)OC(=O)N1C[C@@H](CCO)CC1(C)C.CC(C)(CC1CCOC1=O)[N+](=O)[O-].CC(C)(C[C@@H]1CCOC1=O)[N+](=O)[O-].CC1(C)C[C@H](CCO)C(=O)N1.CC1(C)C[C@H](CCO)CN1. The first-order valence-electron chi connectivity index (χ1n) is 31.0. The van der Waals surface area contributed by atoms with E-state index >= 15 is 0 Å². The molecule has 0 aliphatic carbocycles. The highest BCUT2D eigenvalue weighted by Crippen LogP contribution is 2.37. The van der Waals surface area contributed by atoms with Crippen molar-refractivity contribution in [2.45, 2.75) is 253 Å². The molecule has 7 rings (SSSR count). The van der Waals surface area contributed by atoms with Gasteiger partial charge in [-0.25, -0.2) is 14.4 Å². The van der Waals surface area contributed by atoms with E-state index in [2.05, 4.69) is 35.8 Å². The first kappa shape index (κ1) is 80.5. The molecule has 7 aliphatic heterocycles. The van der Waals surface area contributed by atoms with Crippen LogP contribution in [0.15, 0.2) is 12.2 Å². The Morgan fingerprint density at radius 3 is 1.34 bits per heavy atom. The van der Waals surface area contributed by atoms with Crippen molar-refractivity contribution in [3.8, 4) is 0 Å². The molecule has 7 fully saturated rings. The molecular formula is C63H112N6O19. The van der Waals surface area contributed by atoms with Crippen molar-refractivity contribution in [2.24, 2.45) is 35.5 Å². The highest BCUT2D eigenvalue weighted by Gasteiger charge is 2.45. The molecule has 6 atom stereocenters. The minimum Gasteiger partial charge on any atom is -0.465 e. The summed E-state index contributed by atoms with van der Waals surface area (Å²) < 4.78 is 24.8. The summed E-state index contributed by atoms with van der Waals surface area (Å²) in [5, 5.41) is 53.7. The van der Waals surface area contributed by atoms with Crippen LogP contribution >= 0.6 is 0 Å². The van der Waals surface area contributed by atoms with Crippen molar-refractivity contribution in [2.75, 3.05) is 59.3 Å². The molecule has 5 N–H and O–H groups in total. The van der Waals surface area contributed by atoms with Gasteiger partial charge in [0.2, 0.25) is 17.0 Å². The molecule has 7 heterocycles. The van der Waals surface area contributed by atoms with Gasteiger partial charge >= 0.3 is 30.1 Å². The summed E-state index contributed by atoms with van der Waals surface area (Å²) in [5.74, 6) is 0.0298. The van der Waals surface area contributed by atoms with Gasteiger partial charge in [0.15, 0.2) is 0 Å². The standard InChI is InChI=1S/C13H25NO3.C13H23NO3.2C8H13NO4.C8H15NO2.C8H17NO.C5H6O2/c2*1-12(2,3)17-11(16)14-9-10(6-7-15)8-13(14,4)5;2*1-8(2,9(11)12)5-6-3-4-13-7(6)10;1-8(2)5-6(3-4-10)7(11)9-8;1-8(2)5-7(3-4-10)6-9-8;1-4-2-3-7-5(4)6/h10,15H,6-9H2,1-5H3;7,10H,6,8-9H2,1-5H3;2*6H,3-5H2,1-2H3;6,10H,3-5H2,1-2H3,(H,9,11);7,9-10H,3-6H2,1-2H3;1-3H2/t2*10-;6-;;6-;7-;/m000.00./s1. The van der Waals surface area contributed by atoms with Crippen LogP contribution < -0.4 is 10.6 Å². The maximum absolute atomic E-state index is 12.1. The minimum absolute atomic E-state index is 0.0231. The van der Waals surface area contributed by atoms with Crippen molar-refractivity contribution in [1.82, 2.24) is 20.4 Å². The number of aldehydes is 1. The second-order valence-corrected chi connectivity index (χ2v) is 29.8. The van der Waals surface area contributed by atoms with Crippen LogP contribution in [-0.4, -0.2) is 181 Å². The van der Waals surface area contributed by atoms with Crippen molar-refractivity contribution >= 4 is 42.3 Å². The number of carbonyl (C=O) groups excluding carboxylic acids is 7. The molecule has 0 radical (unpaired) electrons. The van der Waals surface area contributed by atoms with Gasteiger partial charge in [-0.1, -0.05) is 6.58 Å². The van der Waals surface area contributed by atoms with Crippen molar-refractivity contribution < 1.29 is 82.4 Å². The summed E-state index contributed by atoms with van der Waals surface area (Å²) in [6, 6.07) is 0. The maximum Gasteiger partial charge on any atom is 0.410 e. The normalized spacial score (nSPS) is 24.6. The molecule has 7 saturated heterocycles. The van der Waals surface area contributed by atoms with E-state index in [-0.39, 0.29) is 112 Å². The number of ether oxygens (including phenoxy) is 5. The fourth-order valence-corrected chi connectivity index (χ4v) is 11.2. The fraction of sp³-hybridized carbons (Fsp3) is 0.857. The zero-order valence-electron chi connectivity index (χ0n) is 56.5. The zero-order valence-corrected chi connectivity index (χ0v) is 56.5. The smallest absolute Gasteiger partial charge is 0.410 e. The minimum atomic E-state index is -1.03. The number of nitrogens with zero attached hydrogens (tertiary/aromatic N) is 4. The van der Waals surface area contributed by atoms with Gasteiger partial charge in [-0.2, -0.15) is 0 Å². The molecule has 0 bridgehead atoms. The molecule has 508 valence electrons. The van der Waals surface area contributed by atoms with Gasteiger partial charge in [-0.15, -0.1) is 0 Å². The molecule has 3 amide bonds. The van der Waals surface area contributed by atoms with Crippen LogP contribution in [0.4, 0.5) is 9.59 Å². The van der Waals surface area contributed by atoms with Gasteiger partial charge in [-0.05, 0) is 179 Å². The average Bonchev–Trinajstić information content (AvgIpc) is 2.58. The molecular weight excluding hydrogens is 1140 g/mol. The summed E-state index contributed by atoms with van der Waals surface area (Å²) in [4.78, 5) is 102. The van der Waals surface area contributed by atoms with Gasteiger partial charge in [0.1, 0.15) is 17.5 Å². The highest BCUT2D eigenvalue weighted by molar-refractivity contribution is 5.89. The number of esters is 3. The fourth-order valence-electron chi connectivity index (χ4n) is 11.2. The third-order valence-corrected chi connectivity index (χ3v) is 15.9. The number of cyclic esters (lactones) is 3. The Labute approximate surface area is 523 Å². The number of amides is 3. The topological polar surface area (TPSA) is 343 Å². The molecule has 0 aromatic rings. The largest absolute Gasteiger partial charge is 0.465 e. The Hall–Kier alpha value is -5.53. The van der Waals surface area contributed by atoms with E-state index in [4.69, 9.17) is 34.3 Å². The predicted octanol–water partition coefficient (Wildman–Crippen LogP) is 8.54. The van der Waals surface area contributed by atoms with Crippen LogP contribution in [0.1, 0.15) is 208 Å². The number of aliphatic hydroxyl groups excluding tert-OH is 3. The molecule has 88 heavy (non-hydrogen) atoms. The van der Waals surface area contributed by atoms with E-state index in [0.717, 1.165) is 44.9 Å². The van der Waals surface area contributed by atoms with Crippen LogP contribution in [0.2, 0.25) is 0 Å². The van der Waals surface area contributed by atoms with Gasteiger partial charge < -0.3 is 64.2 Å². The molecule has 7 aliphatic rings. The monoisotopic (exact) mass is 1260 g/mol. The Kier molecular flexibility index (Phi) is 31.6. The van der Waals surface area contributed by atoms with E-state index in [9.17, 15) is 53.8 Å². The summed E-state index contributed by atoms with van der Waals surface area (Å²) >= 11 is 0. The van der Waals surface area contributed by atoms with Gasteiger partial charge in [-0.3, -0.25) is 34.6 Å². The molecule has 0 saturated carbocycles. The number of carbonyl (C=O) groups is 7. The Bertz CT molecular complexity index is 2260. The van der Waals surface area contributed by atoms with E-state index in [1.54, 1.807) is 9.80 Å². The van der Waals surface area contributed by atoms with Crippen LogP contribution in [0.3, 0.4) is 0 Å². The van der Waals surface area contributed by atoms with E-state index in [1.807, 2.05) is 83.1 Å². The highest BCUT2D eigenvalue weighted by atomic mass is 16.6. The Morgan fingerprint density at radius 2 is 1.05 bits per heavy atom.